The number of hydrogen-bond acceptors (Lipinski definition) is 3. The van der Waals surface area contributed by atoms with E-state index in [2.05, 4.69) is 6.58 Å². The lowest BCUT2D eigenvalue weighted by Crippen LogP contribution is -2.09. The molecule has 0 saturated carbocycles. The minimum atomic E-state index is -0.989. The lowest BCUT2D eigenvalue weighted by molar-refractivity contribution is -0.132. The molecule has 0 aromatic carbocycles. The fourth-order valence-electron chi connectivity index (χ4n) is 0.951. The number of aliphatic carboxylic acids is 1. The van der Waals surface area contributed by atoms with E-state index in [9.17, 15) is 4.79 Å². The molecule has 0 aliphatic rings. The van der Waals surface area contributed by atoms with Crippen LogP contribution in [-0.2, 0) is 4.79 Å². The van der Waals surface area contributed by atoms with E-state index >= 15 is 0 Å². The number of rotatable bonds is 7. The first kappa shape index (κ1) is 12.1. The lowest BCUT2D eigenvalue weighted by atomic mass is 10.1. The zero-order chi connectivity index (χ0) is 10.3. The Labute approximate surface area is 77.5 Å². The third-order valence-corrected chi connectivity index (χ3v) is 1.78. The molecule has 3 N–H and O–H groups in total. The van der Waals surface area contributed by atoms with Crippen LogP contribution in [0.2, 0.25) is 0 Å². The molecule has 4 nitrogen and oxygen atoms in total. The van der Waals surface area contributed by atoms with E-state index in [1.807, 2.05) is 0 Å². The van der Waals surface area contributed by atoms with Crippen LogP contribution >= 0.6 is 0 Å². The summed E-state index contributed by atoms with van der Waals surface area (Å²) in [5.41, 5.74) is 0.163. The average molecular weight is 188 g/mol. The maximum absolute atomic E-state index is 10.3. The number of carboxylic acid groups (broad SMARTS) is 1. The van der Waals surface area contributed by atoms with E-state index in [0.717, 1.165) is 0 Å². The Kier molecular flexibility index (Phi) is 6.18. The van der Waals surface area contributed by atoms with Gasteiger partial charge in [-0.2, -0.15) is 0 Å². The Hall–Kier alpha value is -0.870. The SMILES string of the molecule is C=C(CCCC(O)CCO)C(=O)O. The second-order valence-corrected chi connectivity index (χ2v) is 2.97. The molecule has 76 valence electrons. The summed E-state index contributed by atoms with van der Waals surface area (Å²) >= 11 is 0. The molecule has 4 heteroatoms. The van der Waals surface area contributed by atoms with Crippen LogP contribution in [-0.4, -0.2) is 34.0 Å². The lowest BCUT2D eigenvalue weighted by Gasteiger charge is -2.07. The van der Waals surface area contributed by atoms with Crippen molar-refractivity contribution in [2.45, 2.75) is 31.8 Å². The van der Waals surface area contributed by atoms with Crippen molar-refractivity contribution in [3.63, 3.8) is 0 Å². The van der Waals surface area contributed by atoms with Crippen LogP contribution in [0, 0.1) is 0 Å². The van der Waals surface area contributed by atoms with E-state index in [1.54, 1.807) is 0 Å². The molecule has 0 radical (unpaired) electrons. The van der Waals surface area contributed by atoms with Gasteiger partial charge in [-0.05, 0) is 25.7 Å². The van der Waals surface area contributed by atoms with Gasteiger partial charge in [0.05, 0.1) is 6.10 Å². The molecule has 0 aromatic rings. The molecule has 0 heterocycles. The molecule has 0 aliphatic heterocycles. The van der Waals surface area contributed by atoms with E-state index < -0.39 is 12.1 Å². The van der Waals surface area contributed by atoms with Crippen molar-refractivity contribution in [1.29, 1.82) is 0 Å². The summed E-state index contributed by atoms with van der Waals surface area (Å²) in [4.78, 5) is 10.3. The fourth-order valence-corrected chi connectivity index (χ4v) is 0.951. The topological polar surface area (TPSA) is 77.8 Å². The van der Waals surface area contributed by atoms with Crippen molar-refractivity contribution in [2.24, 2.45) is 0 Å². The molecule has 0 aliphatic carbocycles. The molecule has 0 rings (SSSR count). The van der Waals surface area contributed by atoms with E-state index in [1.165, 1.54) is 0 Å². The maximum Gasteiger partial charge on any atom is 0.330 e. The molecule has 0 fully saturated rings. The summed E-state index contributed by atoms with van der Waals surface area (Å²) in [6.07, 6.45) is 1.29. The highest BCUT2D eigenvalue weighted by Gasteiger charge is 2.06. The molecular weight excluding hydrogens is 172 g/mol. The van der Waals surface area contributed by atoms with Crippen LogP contribution < -0.4 is 0 Å². The highest BCUT2D eigenvalue weighted by molar-refractivity contribution is 5.85. The Balaban J connectivity index is 3.44. The van der Waals surface area contributed by atoms with Gasteiger partial charge in [-0.3, -0.25) is 0 Å². The van der Waals surface area contributed by atoms with Crippen LogP contribution in [0.1, 0.15) is 25.7 Å². The number of hydrogen-bond donors (Lipinski definition) is 3. The third-order valence-electron chi connectivity index (χ3n) is 1.78. The number of carbonyl (C=O) groups is 1. The quantitative estimate of drug-likeness (QED) is 0.509. The molecule has 0 spiro atoms. The Morgan fingerprint density at radius 3 is 2.46 bits per heavy atom. The largest absolute Gasteiger partial charge is 0.478 e. The molecule has 0 saturated heterocycles. The Morgan fingerprint density at radius 2 is 2.00 bits per heavy atom. The fraction of sp³-hybridized carbons (Fsp3) is 0.667. The van der Waals surface area contributed by atoms with Gasteiger partial charge in [0.2, 0.25) is 0 Å². The second-order valence-electron chi connectivity index (χ2n) is 2.97. The molecular formula is C9H16O4. The van der Waals surface area contributed by atoms with Gasteiger partial charge in [-0.25, -0.2) is 4.79 Å². The first-order valence-corrected chi connectivity index (χ1v) is 4.28. The van der Waals surface area contributed by atoms with E-state index in [0.29, 0.717) is 25.7 Å². The van der Waals surface area contributed by atoms with Gasteiger partial charge in [0.25, 0.3) is 0 Å². The van der Waals surface area contributed by atoms with Gasteiger partial charge in [0.15, 0.2) is 0 Å². The van der Waals surface area contributed by atoms with Crippen molar-refractivity contribution in [3.05, 3.63) is 12.2 Å². The molecule has 0 amide bonds. The number of carboxylic acids is 1. The van der Waals surface area contributed by atoms with Crippen molar-refractivity contribution in [2.75, 3.05) is 6.61 Å². The second kappa shape index (κ2) is 6.62. The zero-order valence-electron chi connectivity index (χ0n) is 7.57. The summed E-state index contributed by atoms with van der Waals surface area (Å²) in [5, 5.41) is 26.1. The van der Waals surface area contributed by atoms with Crippen molar-refractivity contribution >= 4 is 5.97 Å². The van der Waals surface area contributed by atoms with Crippen LogP contribution in [0.4, 0.5) is 0 Å². The van der Waals surface area contributed by atoms with Crippen LogP contribution in [0.5, 0.6) is 0 Å². The van der Waals surface area contributed by atoms with Gasteiger partial charge in [-0.15, -0.1) is 0 Å². The van der Waals surface area contributed by atoms with Crippen molar-refractivity contribution < 1.29 is 20.1 Å². The molecule has 0 aromatic heterocycles. The van der Waals surface area contributed by atoms with Gasteiger partial charge in [0, 0.05) is 12.2 Å². The summed E-state index contributed by atoms with van der Waals surface area (Å²) in [6.45, 7) is 3.33. The standard InChI is InChI=1S/C9H16O4/c1-7(9(12)13)3-2-4-8(11)5-6-10/h8,10-11H,1-6H2,(H,12,13). The van der Waals surface area contributed by atoms with Crippen LogP contribution in [0.25, 0.3) is 0 Å². The average Bonchev–Trinajstić information content (AvgIpc) is 2.04. The molecule has 1 atom stereocenters. The predicted molar refractivity (Wildman–Crippen MR) is 48.3 cm³/mol. The van der Waals surface area contributed by atoms with Gasteiger partial charge >= 0.3 is 5.97 Å². The predicted octanol–water partition coefficient (Wildman–Crippen LogP) is 0.541. The number of aliphatic hydroxyl groups is 2. The minimum Gasteiger partial charge on any atom is -0.478 e. The zero-order valence-corrected chi connectivity index (χ0v) is 7.57. The maximum atomic E-state index is 10.3. The Morgan fingerprint density at radius 1 is 1.38 bits per heavy atom. The minimum absolute atomic E-state index is 0.0406. The van der Waals surface area contributed by atoms with Crippen LogP contribution in [0.3, 0.4) is 0 Å². The highest BCUT2D eigenvalue weighted by Crippen LogP contribution is 2.09. The molecule has 0 bridgehead atoms. The monoisotopic (exact) mass is 188 g/mol. The van der Waals surface area contributed by atoms with Crippen LogP contribution in [0.15, 0.2) is 12.2 Å². The molecule has 13 heavy (non-hydrogen) atoms. The van der Waals surface area contributed by atoms with E-state index in [-0.39, 0.29) is 12.2 Å². The normalized spacial score (nSPS) is 12.5. The highest BCUT2D eigenvalue weighted by atomic mass is 16.4. The summed E-state index contributed by atoms with van der Waals surface area (Å²) in [6, 6.07) is 0. The first-order valence-electron chi connectivity index (χ1n) is 4.28. The van der Waals surface area contributed by atoms with E-state index in [4.69, 9.17) is 15.3 Å². The summed E-state index contributed by atoms with van der Waals surface area (Å²) in [7, 11) is 0. The smallest absolute Gasteiger partial charge is 0.330 e. The summed E-state index contributed by atoms with van der Waals surface area (Å²) < 4.78 is 0. The van der Waals surface area contributed by atoms with Gasteiger partial charge in [0.1, 0.15) is 0 Å². The van der Waals surface area contributed by atoms with Gasteiger partial charge in [-0.1, -0.05) is 6.58 Å². The first-order chi connectivity index (χ1) is 6.07. The third kappa shape index (κ3) is 6.31. The van der Waals surface area contributed by atoms with Crippen molar-refractivity contribution in [1.82, 2.24) is 0 Å². The van der Waals surface area contributed by atoms with Gasteiger partial charge < -0.3 is 15.3 Å². The molecule has 1 unspecified atom stereocenters. The number of aliphatic hydroxyl groups excluding tert-OH is 2. The summed E-state index contributed by atoms with van der Waals surface area (Å²) in [5.74, 6) is -0.989. The Bertz CT molecular complexity index is 176. The van der Waals surface area contributed by atoms with Crippen molar-refractivity contribution in [3.8, 4) is 0 Å².